The smallest absolute Gasteiger partial charge is 0.252 e. The summed E-state index contributed by atoms with van der Waals surface area (Å²) in [5.74, 6) is 0.147. The molecule has 2 aromatic carbocycles. The van der Waals surface area contributed by atoms with Crippen LogP contribution in [0.1, 0.15) is 10.4 Å². The van der Waals surface area contributed by atoms with Gasteiger partial charge in [-0.15, -0.1) is 0 Å². The normalized spacial score (nSPS) is 15.1. The predicted molar refractivity (Wildman–Crippen MR) is 110 cm³/mol. The minimum Gasteiger partial charge on any atom is -0.492 e. The highest BCUT2D eigenvalue weighted by Crippen LogP contribution is 2.23. The molecule has 1 amide bonds. The summed E-state index contributed by atoms with van der Waals surface area (Å²) in [5.41, 5.74) is 0.0903. The van der Waals surface area contributed by atoms with Crippen LogP contribution in [0.15, 0.2) is 47.4 Å². The first kappa shape index (κ1) is 21.9. The van der Waals surface area contributed by atoms with Crippen molar-refractivity contribution in [1.82, 2.24) is 9.62 Å². The van der Waals surface area contributed by atoms with Crippen LogP contribution in [0.4, 0.5) is 0 Å². The minimum atomic E-state index is -3.72. The quantitative estimate of drug-likeness (QED) is 0.644. The van der Waals surface area contributed by atoms with Gasteiger partial charge < -0.3 is 14.8 Å². The molecule has 156 valence electrons. The second-order valence-corrected chi connectivity index (χ2v) is 9.00. The van der Waals surface area contributed by atoms with Crippen LogP contribution in [0.5, 0.6) is 5.75 Å². The van der Waals surface area contributed by atoms with Crippen LogP contribution < -0.4 is 10.1 Å². The highest BCUT2D eigenvalue weighted by atomic mass is 35.5. The Hall–Kier alpha value is -1.84. The van der Waals surface area contributed by atoms with Gasteiger partial charge in [-0.3, -0.25) is 4.79 Å². The lowest BCUT2D eigenvalue weighted by atomic mass is 10.2. The second-order valence-electron chi connectivity index (χ2n) is 6.22. The van der Waals surface area contributed by atoms with E-state index in [0.29, 0.717) is 24.0 Å². The van der Waals surface area contributed by atoms with Gasteiger partial charge in [-0.25, -0.2) is 8.42 Å². The number of rotatable bonds is 7. The Morgan fingerprint density at radius 1 is 1.10 bits per heavy atom. The molecule has 1 N–H and O–H groups in total. The van der Waals surface area contributed by atoms with E-state index in [1.165, 1.54) is 22.5 Å². The molecular weight excluding hydrogens is 439 g/mol. The van der Waals surface area contributed by atoms with Gasteiger partial charge in [-0.05, 0) is 42.5 Å². The number of nitrogens with zero attached hydrogens (tertiary/aromatic N) is 1. The standard InChI is InChI=1S/C19H20Cl2N2O5S/c20-14-1-3-15(4-2-14)28-10-7-22-19(24)17-13-16(5-6-18(17)21)29(25,26)23-8-11-27-12-9-23/h1-6,13H,7-12H2,(H,22,24). The van der Waals surface area contributed by atoms with Gasteiger partial charge >= 0.3 is 0 Å². The summed E-state index contributed by atoms with van der Waals surface area (Å²) in [5, 5.41) is 3.45. The number of carbonyl (C=O) groups excluding carboxylic acids is 1. The molecule has 0 aliphatic carbocycles. The van der Waals surface area contributed by atoms with Crippen LogP contribution in [-0.4, -0.2) is 58.1 Å². The summed E-state index contributed by atoms with van der Waals surface area (Å²) >= 11 is 11.9. The third-order valence-electron chi connectivity index (χ3n) is 4.26. The van der Waals surface area contributed by atoms with Gasteiger partial charge in [0.1, 0.15) is 12.4 Å². The number of hydrogen-bond donors (Lipinski definition) is 1. The molecule has 1 aliphatic heterocycles. The molecule has 1 saturated heterocycles. The molecule has 0 bridgehead atoms. The zero-order valence-corrected chi connectivity index (χ0v) is 17.8. The van der Waals surface area contributed by atoms with Gasteiger partial charge in [0.15, 0.2) is 0 Å². The van der Waals surface area contributed by atoms with E-state index in [-0.39, 0.29) is 41.7 Å². The first-order chi connectivity index (χ1) is 13.9. The lowest BCUT2D eigenvalue weighted by Gasteiger charge is -2.26. The minimum absolute atomic E-state index is 0.0198. The molecule has 0 aromatic heterocycles. The van der Waals surface area contributed by atoms with Crippen LogP contribution in [0.25, 0.3) is 0 Å². The topological polar surface area (TPSA) is 84.9 Å². The van der Waals surface area contributed by atoms with Crippen molar-refractivity contribution in [2.75, 3.05) is 39.5 Å². The van der Waals surface area contributed by atoms with E-state index in [1.54, 1.807) is 24.3 Å². The molecule has 0 unspecified atom stereocenters. The highest BCUT2D eigenvalue weighted by molar-refractivity contribution is 7.89. The second kappa shape index (κ2) is 9.77. The average Bonchev–Trinajstić information content (AvgIpc) is 2.73. The number of nitrogens with one attached hydrogen (secondary N) is 1. The molecule has 0 atom stereocenters. The van der Waals surface area contributed by atoms with Crippen LogP contribution in [-0.2, 0) is 14.8 Å². The van der Waals surface area contributed by atoms with E-state index in [1.807, 2.05) is 0 Å². The summed E-state index contributed by atoms with van der Waals surface area (Å²) in [6.07, 6.45) is 0. The third-order valence-corrected chi connectivity index (χ3v) is 6.74. The summed E-state index contributed by atoms with van der Waals surface area (Å²) in [6.45, 7) is 1.68. The summed E-state index contributed by atoms with van der Waals surface area (Å²) in [4.78, 5) is 12.5. The molecule has 7 nitrogen and oxygen atoms in total. The Balaban J connectivity index is 1.62. The van der Waals surface area contributed by atoms with Crippen LogP contribution in [0, 0.1) is 0 Å². The maximum Gasteiger partial charge on any atom is 0.252 e. The summed E-state index contributed by atoms with van der Waals surface area (Å²) in [7, 11) is -3.72. The summed E-state index contributed by atoms with van der Waals surface area (Å²) in [6, 6.07) is 11.0. The number of hydrogen-bond acceptors (Lipinski definition) is 5. The predicted octanol–water partition coefficient (Wildman–Crippen LogP) is 2.82. The molecule has 2 aromatic rings. The molecular formula is C19H20Cl2N2O5S. The lowest BCUT2D eigenvalue weighted by Crippen LogP contribution is -2.40. The summed E-state index contributed by atoms with van der Waals surface area (Å²) < 4.78 is 37.6. The maximum absolute atomic E-state index is 12.8. The molecule has 0 spiro atoms. The number of benzene rings is 2. The van der Waals surface area contributed by atoms with Gasteiger partial charge in [-0.2, -0.15) is 4.31 Å². The van der Waals surface area contributed by atoms with Gasteiger partial charge in [0.05, 0.1) is 35.2 Å². The van der Waals surface area contributed by atoms with E-state index in [9.17, 15) is 13.2 Å². The first-order valence-electron chi connectivity index (χ1n) is 8.92. The van der Waals surface area contributed by atoms with Crippen molar-refractivity contribution < 1.29 is 22.7 Å². The largest absolute Gasteiger partial charge is 0.492 e. The molecule has 1 heterocycles. The number of ether oxygens (including phenoxy) is 2. The monoisotopic (exact) mass is 458 g/mol. The molecule has 1 fully saturated rings. The Morgan fingerprint density at radius 2 is 1.79 bits per heavy atom. The lowest BCUT2D eigenvalue weighted by molar-refractivity contribution is 0.0730. The van der Waals surface area contributed by atoms with Crippen LogP contribution in [0.2, 0.25) is 10.0 Å². The molecule has 10 heteroatoms. The molecule has 0 radical (unpaired) electrons. The fourth-order valence-corrected chi connectivity index (χ4v) is 4.50. The van der Waals surface area contributed by atoms with E-state index >= 15 is 0 Å². The van der Waals surface area contributed by atoms with Crippen LogP contribution >= 0.6 is 23.2 Å². The van der Waals surface area contributed by atoms with Crippen molar-refractivity contribution in [3.8, 4) is 5.75 Å². The van der Waals surface area contributed by atoms with Crippen molar-refractivity contribution >= 4 is 39.1 Å². The Kier molecular flexibility index (Phi) is 7.37. The zero-order chi connectivity index (χ0) is 20.9. The van der Waals surface area contributed by atoms with Crippen molar-refractivity contribution in [1.29, 1.82) is 0 Å². The Labute approximate surface area is 179 Å². The number of morpholine rings is 1. The van der Waals surface area contributed by atoms with Crippen LogP contribution in [0.3, 0.4) is 0 Å². The van der Waals surface area contributed by atoms with E-state index < -0.39 is 15.9 Å². The number of carbonyl (C=O) groups is 1. The number of sulfonamides is 1. The maximum atomic E-state index is 12.8. The molecule has 0 saturated carbocycles. The van der Waals surface area contributed by atoms with Gasteiger partial charge in [0.25, 0.3) is 5.91 Å². The average molecular weight is 459 g/mol. The third kappa shape index (κ3) is 5.61. The fourth-order valence-electron chi connectivity index (χ4n) is 2.73. The fraction of sp³-hybridized carbons (Fsp3) is 0.316. The van der Waals surface area contributed by atoms with E-state index in [0.717, 1.165) is 0 Å². The highest BCUT2D eigenvalue weighted by Gasteiger charge is 2.27. The van der Waals surface area contributed by atoms with Gasteiger partial charge in [-0.1, -0.05) is 23.2 Å². The van der Waals surface area contributed by atoms with Crippen molar-refractivity contribution in [2.45, 2.75) is 4.90 Å². The van der Waals surface area contributed by atoms with Crippen molar-refractivity contribution in [3.63, 3.8) is 0 Å². The Morgan fingerprint density at radius 3 is 2.48 bits per heavy atom. The number of amides is 1. The number of halogens is 2. The van der Waals surface area contributed by atoms with Gasteiger partial charge in [0.2, 0.25) is 10.0 Å². The van der Waals surface area contributed by atoms with Crippen molar-refractivity contribution in [3.05, 3.63) is 58.1 Å². The molecule has 29 heavy (non-hydrogen) atoms. The molecule has 1 aliphatic rings. The Bertz CT molecular complexity index is 961. The SMILES string of the molecule is O=C(NCCOc1ccc(Cl)cc1)c1cc(S(=O)(=O)N2CCOCC2)ccc1Cl. The van der Waals surface area contributed by atoms with Crippen molar-refractivity contribution in [2.24, 2.45) is 0 Å². The zero-order valence-electron chi connectivity index (χ0n) is 15.4. The van der Waals surface area contributed by atoms with Gasteiger partial charge in [0, 0.05) is 18.1 Å². The van der Waals surface area contributed by atoms with E-state index in [2.05, 4.69) is 5.32 Å². The molecule has 3 rings (SSSR count). The first-order valence-corrected chi connectivity index (χ1v) is 11.1. The van der Waals surface area contributed by atoms with E-state index in [4.69, 9.17) is 32.7 Å².